The summed E-state index contributed by atoms with van der Waals surface area (Å²) in [6.07, 6.45) is 2.06. The Kier molecular flexibility index (Phi) is 5.77. The van der Waals surface area contributed by atoms with Crippen molar-refractivity contribution in [2.75, 3.05) is 19.5 Å². The Balaban J connectivity index is 1.72. The molecule has 0 radical (unpaired) electrons. The lowest BCUT2D eigenvalue weighted by Crippen LogP contribution is -2.09. The third-order valence-corrected chi connectivity index (χ3v) is 3.58. The molecule has 2 aromatic carbocycles. The molecule has 3 nitrogen and oxygen atoms in total. The van der Waals surface area contributed by atoms with Crippen molar-refractivity contribution in [1.29, 1.82) is 0 Å². The van der Waals surface area contributed by atoms with E-state index in [4.69, 9.17) is 15.2 Å². The third kappa shape index (κ3) is 4.47. The monoisotopic (exact) mass is 289 g/mol. The molecule has 0 bridgehead atoms. The quantitative estimate of drug-likeness (QED) is 0.627. The highest BCUT2D eigenvalue weighted by Gasteiger charge is 1.97. The molecule has 2 aromatic rings. The fraction of sp³-hybridized carbons (Fsp3) is 0.250. The van der Waals surface area contributed by atoms with Gasteiger partial charge in [-0.25, -0.2) is 0 Å². The zero-order chi connectivity index (χ0) is 14.2. The summed E-state index contributed by atoms with van der Waals surface area (Å²) in [5.41, 5.74) is 6.64. The van der Waals surface area contributed by atoms with Crippen LogP contribution in [0.2, 0.25) is 0 Å². The van der Waals surface area contributed by atoms with Crippen molar-refractivity contribution < 1.29 is 9.47 Å². The van der Waals surface area contributed by atoms with Crippen LogP contribution < -0.4 is 15.2 Å². The van der Waals surface area contributed by atoms with E-state index in [2.05, 4.69) is 6.26 Å². The molecule has 0 aliphatic heterocycles. The van der Waals surface area contributed by atoms with Gasteiger partial charge in [-0.2, -0.15) is 0 Å². The molecule has 4 heteroatoms. The smallest absolute Gasteiger partial charge is 0.122 e. The molecule has 0 aliphatic carbocycles. The molecule has 0 atom stereocenters. The molecule has 0 amide bonds. The van der Waals surface area contributed by atoms with E-state index in [9.17, 15) is 0 Å². The molecule has 0 heterocycles. The van der Waals surface area contributed by atoms with Crippen molar-refractivity contribution in [1.82, 2.24) is 0 Å². The van der Waals surface area contributed by atoms with Gasteiger partial charge in [-0.05, 0) is 48.2 Å². The molecule has 0 aromatic heterocycles. The molecule has 20 heavy (non-hydrogen) atoms. The van der Waals surface area contributed by atoms with Gasteiger partial charge in [-0.15, -0.1) is 11.8 Å². The van der Waals surface area contributed by atoms with Crippen LogP contribution in [0.3, 0.4) is 0 Å². The lowest BCUT2D eigenvalue weighted by atomic mass is 10.2. The summed E-state index contributed by atoms with van der Waals surface area (Å²) in [7, 11) is 0. The Morgan fingerprint density at radius 2 is 1.35 bits per heavy atom. The number of rotatable bonds is 7. The number of nitrogens with two attached hydrogens (primary N) is 1. The summed E-state index contributed by atoms with van der Waals surface area (Å²) in [6, 6.07) is 15.8. The predicted molar refractivity (Wildman–Crippen MR) is 83.5 cm³/mol. The summed E-state index contributed by atoms with van der Waals surface area (Å²) in [6.45, 7) is 1.60. The van der Waals surface area contributed by atoms with Crippen molar-refractivity contribution >= 4 is 11.8 Å². The molecule has 0 fully saturated rings. The van der Waals surface area contributed by atoms with Gasteiger partial charge in [0.25, 0.3) is 0 Å². The topological polar surface area (TPSA) is 44.5 Å². The van der Waals surface area contributed by atoms with Crippen LogP contribution in [0.15, 0.2) is 53.4 Å². The molecular weight excluding hydrogens is 270 g/mol. The molecule has 0 unspecified atom stereocenters. The normalized spacial score (nSPS) is 10.3. The molecule has 2 N–H and O–H groups in total. The zero-order valence-corrected chi connectivity index (χ0v) is 12.4. The van der Waals surface area contributed by atoms with E-state index < -0.39 is 0 Å². The molecular formula is C16H19NO2S. The van der Waals surface area contributed by atoms with Gasteiger partial charge in [0.05, 0.1) is 0 Å². The van der Waals surface area contributed by atoms with Crippen molar-refractivity contribution in [3.8, 4) is 11.5 Å². The van der Waals surface area contributed by atoms with Gasteiger partial charge in [-0.3, -0.25) is 0 Å². The maximum Gasteiger partial charge on any atom is 0.122 e. The fourth-order valence-electron chi connectivity index (χ4n) is 1.71. The second kappa shape index (κ2) is 7.82. The third-order valence-electron chi connectivity index (χ3n) is 2.84. The van der Waals surface area contributed by atoms with Gasteiger partial charge in [0.2, 0.25) is 0 Å². The molecule has 2 rings (SSSR count). The Bertz CT molecular complexity index is 462. The lowest BCUT2D eigenvalue weighted by Gasteiger charge is -2.09. The van der Waals surface area contributed by atoms with Gasteiger partial charge in [-0.1, -0.05) is 12.1 Å². The average Bonchev–Trinajstić information content (AvgIpc) is 2.53. The number of hydrogen-bond acceptors (Lipinski definition) is 4. The summed E-state index contributed by atoms with van der Waals surface area (Å²) in [4.78, 5) is 1.23. The highest BCUT2D eigenvalue weighted by molar-refractivity contribution is 7.98. The Hall–Kier alpha value is -1.65. The van der Waals surface area contributed by atoms with Crippen LogP contribution in [0, 0.1) is 0 Å². The Morgan fingerprint density at radius 1 is 0.850 bits per heavy atom. The Labute approximate surface area is 124 Å². The number of hydrogen-bond donors (Lipinski definition) is 1. The van der Waals surface area contributed by atoms with E-state index in [0.717, 1.165) is 17.1 Å². The first-order valence-electron chi connectivity index (χ1n) is 6.50. The number of ether oxygens (including phenoxy) is 2. The van der Waals surface area contributed by atoms with Gasteiger partial charge in [0.1, 0.15) is 24.7 Å². The number of benzene rings is 2. The van der Waals surface area contributed by atoms with Crippen LogP contribution >= 0.6 is 11.8 Å². The van der Waals surface area contributed by atoms with Crippen molar-refractivity contribution in [2.45, 2.75) is 11.4 Å². The number of thioether (sulfide) groups is 1. The van der Waals surface area contributed by atoms with Crippen LogP contribution in [0.5, 0.6) is 11.5 Å². The molecule has 0 aliphatic rings. The van der Waals surface area contributed by atoms with Crippen LogP contribution in [0.25, 0.3) is 0 Å². The van der Waals surface area contributed by atoms with Gasteiger partial charge in [0, 0.05) is 11.4 Å². The van der Waals surface area contributed by atoms with E-state index in [1.807, 2.05) is 48.5 Å². The lowest BCUT2D eigenvalue weighted by molar-refractivity contribution is 0.217. The highest BCUT2D eigenvalue weighted by atomic mass is 32.2. The Morgan fingerprint density at radius 3 is 1.80 bits per heavy atom. The van der Waals surface area contributed by atoms with Crippen LogP contribution in [-0.2, 0) is 6.54 Å². The van der Waals surface area contributed by atoms with E-state index >= 15 is 0 Å². The average molecular weight is 289 g/mol. The molecule has 0 saturated carbocycles. The SMILES string of the molecule is CSc1ccc(OCCOc2ccc(CN)cc2)cc1. The largest absolute Gasteiger partial charge is 0.490 e. The molecule has 0 spiro atoms. The minimum absolute atomic E-state index is 0.520. The zero-order valence-electron chi connectivity index (χ0n) is 11.5. The van der Waals surface area contributed by atoms with Gasteiger partial charge in [0.15, 0.2) is 0 Å². The maximum absolute atomic E-state index is 5.62. The van der Waals surface area contributed by atoms with E-state index in [1.54, 1.807) is 11.8 Å². The predicted octanol–water partition coefficient (Wildman–Crippen LogP) is 3.33. The first-order valence-corrected chi connectivity index (χ1v) is 7.73. The van der Waals surface area contributed by atoms with E-state index in [1.165, 1.54) is 4.90 Å². The summed E-state index contributed by atoms with van der Waals surface area (Å²) in [5, 5.41) is 0. The highest BCUT2D eigenvalue weighted by Crippen LogP contribution is 2.19. The molecule has 0 saturated heterocycles. The van der Waals surface area contributed by atoms with Crippen LogP contribution in [0.1, 0.15) is 5.56 Å². The second-order valence-electron chi connectivity index (χ2n) is 4.22. The van der Waals surface area contributed by atoms with Crippen molar-refractivity contribution in [2.24, 2.45) is 5.73 Å². The minimum Gasteiger partial charge on any atom is -0.490 e. The van der Waals surface area contributed by atoms with Crippen molar-refractivity contribution in [3.63, 3.8) is 0 Å². The first kappa shape index (κ1) is 14.8. The van der Waals surface area contributed by atoms with E-state index in [-0.39, 0.29) is 0 Å². The molecule has 106 valence electrons. The van der Waals surface area contributed by atoms with Gasteiger partial charge >= 0.3 is 0 Å². The maximum atomic E-state index is 5.62. The van der Waals surface area contributed by atoms with Crippen LogP contribution in [-0.4, -0.2) is 19.5 Å². The van der Waals surface area contributed by atoms with Crippen molar-refractivity contribution in [3.05, 3.63) is 54.1 Å². The minimum atomic E-state index is 0.520. The van der Waals surface area contributed by atoms with Gasteiger partial charge < -0.3 is 15.2 Å². The standard InChI is InChI=1S/C16H19NO2S/c1-20-16-8-6-15(7-9-16)19-11-10-18-14-4-2-13(12-17)3-5-14/h2-9H,10-12,17H2,1H3. The second-order valence-corrected chi connectivity index (χ2v) is 5.10. The summed E-state index contributed by atoms with van der Waals surface area (Å²) < 4.78 is 11.2. The van der Waals surface area contributed by atoms with E-state index in [0.29, 0.717) is 19.8 Å². The van der Waals surface area contributed by atoms with Crippen LogP contribution in [0.4, 0.5) is 0 Å². The first-order chi connectivity index (χ1) is 9.81. The summed E-state index contributed by atoms with van der Waals surface area (Å²) >= 11 is 1.72. The summed E-state index contributed by atoms with van der Waals surface area (Å²) in [5.74, 6) is 1.70. The fourth-order valence-corrected chi connectivity index (χ4v) is 2.12.